The zero-order valence-electron chi connectivity index (χ0n) is 8.79. The van der Waals surface area contributed by atoms with E-state index in [-0.39, 0.29) is 0 Å². The highest BCUT2D eigenvalue weighted by Crippen LogP contribution is 2.25. The van der Waals surface area contributed by atoms with Gasteiger partial charge in [-0.05, 0) is 42.0 Å². The maximum absolute atomic E-state index is 5.47. The Bertz CT molecular complexity index is 350. The van der Waals surface area contributed by atoms with Gasteiger partial charge in [0.1, 0.15) is 5.75 Å². The molecule has 0 aromatic heterocycles. The Morgan fingerprint density at radius 2 is 2.21 bits per heavy atom. The lowest BCUT2D eigenvalue weighted by molar-refractivity contribution is 0.463. The first-order valence-electron chi connectivity index (χ1n) is 5.19. The Hall–Kier alpha value is -1.24. The first-order chi connectivity index (χ1) is 6.75. The van der Waals surface area contributed by atoms with Crippen molar-refractivity contribution in [3.8, 4) is 5.75 Å². The van der Waals surface area contributed by atoms with Crippen LogP contribution in [0.1, 0.15) is 25.0 Å². The first kappa shape index (κ1) is 9.32. The van der Waals surface area contributed by atoms with Crippen molar-refractivity contribution in [3.05, 3.63) is 41.7 Å². The van der Waals surface area contributed by atoms with E-state index in [1.165, 1.54) is 11.1 Å². The van der Waals surface area contributed by atoms with Crippen LogP contribution in [0.3, 0.4) is 0 Å². The van der Waals surface area contributed by atoms with Gasteiger partial charge in [0.05, 0.1) is 6.26 Å². The summed E-state index contributed by atoms with van der Waals surface area (Å²) >= 11 is 0. The Kier molecular flexibility index (Phi) is 2.58. The van der Waals surface area contributed by atoms with Crippen molar-refractivity contribution >= 4 is 0 Å². The van der Waals surface area contributed by atoms with Crippen LogP contribution in [0.4, 0.5) is 0 Å². The van der Waals surface area contributed by atoms with Crippen molar-refractivity contribution in [3.63, 3.8) is 0 Å². The molecule has 1 heterocycles. The SMILES string of the molecule is CC(C)Cc1ccc2c(c1)OC=CC2. The monoisotopic (exact) mass is 188 g/mol. The number of fused-ring (bicyclic) bond motifs is 1. The van der Waals surface area contributed by atoms with Crippen LogP contribution in [0.5, 0.6) is 5.75 Å². The minimum atomic E-state index is 0.701. The summed E-state index contributed by atoms with van der Waals surface area (Å²) in [5, 5.41) is 0. The maximum Gasteiger partial charge on any atom is 0.130 e. The fourth-order valence-corrected chi connectivity index (χ4v) is 1.77. The Morgan fingerprint density at radius 1 is 1.36 bits per heavy atom. The average Bonchev–Trinajstić information content (AvgIpc) is 2.17. The zero-order valence-corrected chi connectivity index (χ0v) is 8.79. The van der Waals surface area contributed by atoms with Crippen LogP contribution < -0.4 is 4.74 Å². The third-order valence-corrected chi connectivity index (χ3v) is 2.40. The molecule has 0 aliphatic carbocycles. The molecule has 0 saturated carbocycles. The smallest absolute Gasteiger partial charge is 0.130 e. The zero-order chi connectivity index (χ0) is 9.97. The van der Waals surface area contributed by atoms with Gasteiger partial charge in [-0.25, -0.2) is 0 Å². The second kappa shape index (κ2) is 3.87. The van der Waals surface area contributed by atoms with Crippen molar-refractivity contribution in [2.75, 3.05) is 0 Å². The molecule has 1 aromatic carbocycles. The summed E-state index contributed by atoms with van der Waals surface area (Å²) < 4.78 is 5.47. The third-order valence-electron chi connectivity index (χ3n) is 2.40. The molecule has 1 nitrogen and oxygen atoms in total. The summed E-state index contributed by atoms with van der Waals surface area (Å²) in [6.45, 7) is 4.47. The molecular formula is C13H16O. The van der Waals surface area contributed by atoms with Gasteiger partial charge in [-0.2, -0.15) is 0 Å². The normalized spacial score (nSPS) is 13.9. The van der Waals surface area contributed by atoms with Crippen LogP contribution in [0.2, 0.25) is 0 Å². The molecule has 0 bridgehead atoms. The fraction of sp³-hybridized carbons (Fsp3) is 0.385. The molecule has 0 radical (unpaired) electrons. The quantitative estimate of drug-likeness (QED) is 0.691. The van der Waals surface area contributed by atoms with Gasteiger partial charge in [-0.1, -0.05) is 26.0 Å². The van der Waals surface area contributed by atoms with Gasteiger partial charge in [0.15, 0.2) is 0 Å². The van der Waals surface area contributed by atoms with Crippen LogP contribution in [-0.2, 0) is 12.8 Å². The molecule has 2 rings (SSSR count). The van der Waals surface area contributed by atoms with Gasteiger partial charge < -0.3 is 4.74 Å². The van der Waals surface area contributed by atoms with Crippen molar-refractivity contribution in [2.45, 2.75) is 26.7 Å². The van der Waals surface area contributed by atoms with Crippen LogP contribution >= 0.6 is 0 Å². The van der Waals surface area contributed by atoms with E-state index in [0.717, 1.165) is 18.6 Å². The Morgan fingerprint density at radius 3 is 3.00 bits per heavy atom. The molecule has 0 amide bonds. The summed E-state index contributed by atoms with van der Waals surface area (Å²) in [6, 6.07) is 6.55. The minimum absolute atomic E-state index is 0.701. The third kappa shape index (κ3) is 1.98. The van der Waals surface area contributed by atoms with Crippen LogP contribution in [0.15, 0.2) is 30.5 Å². The lowest BCUT2D eigenvalue weighted by Gasteiger charge is -2.13. The number of rotatable bonds is 2. The predicted molar refractivity (Wildman–Crippen MR) is 58.5 cm³/mol. The molecule has 14 heavy (non-hydrogen) atoms. The highest BCUT2D eigenvalue weighted by atomic mass is 16.5. The van der Waals surface area contributed by atoms with E-state index in [1.807, 2.05) is 6.08 Å². The van der Waals surface area contributed by atoms with E-state index in [9.17, 15) is 0 Å². The van der Waals surface area contributed by atoms with E-state index < -0.39 is 0 Å². The number of hydrogen-bond donors (Lipinski definition) is 0. The number of ether oxygens (including phenoxy) is 1. The summed E-state index contributed by atoms with van der Waals surface area (Å²) in [6.07, 6.45) is 5.95. The molecule has 0 spiro atoms. The van der Waals surface area contributed by atoms with Gasteiger partial charge in [-0.3, -0.25) is 0 Å². The Balaban J connectivity index is 2.23. The van der Waals surface area contributed by atoms with Gasteiger partial charge in [-0.15, -0.1) is 0 Å². The number of hydrogen-bond acceptors (Lipinski definition) is 1. The maximum atomic E-state index is 5.47. The average molecular weight is 188 g/mol. The molecule has 0 unspecified atom stereocenters. The molecule has 1 aliphatic heterocycles. The largest absolute Gasteiger partial charge is 0.465 e. The van der Waals surface area contributed by atoms with E-state index in [2.05, 4.69) is 32.0 Å². The van der Waals surface area contributed by atoms with Gasteiger partial charge in [0.25, 0.3) is 0 Å². The summed E-state index contributed by atoms with van der Waals surface area (Å²) in [5.74, 6) is 1.73. The lowest BCUT2D eigenvalue weighted by Crippen LogP contribution is -1.99. The molecule has 0 atom stereocenters. The summed E-state index contributed by atoms with van der Waals surface area (Å²) in [5.41, 5.74) is 2.66. The lowest BCUT2D eigenvalue weighted by atomic mass is 9.99. The first-order valence-corrected chi connectivity index (χ1v) is 5.19. The number of allylic oxidation sites excluding steroid dienone is 1. The molecule has 74 valence electrons. The molecule has 1 aromatic rings. The molecule has 1 aliphatic rings. The molecule has 1 heteroatoms. The predicted octanol–water partition coefficient (Wildman–Crippen LogP) is 3.33. The van der Waals surface area contributed by atoms with Gasteiger partial charge in [0, 0.05) is 0 Å². The fourth-order valence-electron chi connectivity index (χ4n) is 1.77. The molecular weight excluding hydrogens is 172 g/mol. The molecule has 0 N–H and O–H groups in total. The molecule has 0 fully saturated rings. The number of benzene rings is 1. The van der Waals surface area contributed by atoms with Gasteiger partial charge >= 0.3 is 0 Å². The second-order valence-corrected chi connectivity index (χ2v) is 4.23. The molecule has 0 saturated heterocycles. The van der Waals surface area contributed by atoms with Crippen molar-refractivity contribution in [1.82, 2.24) is 0 Å². The topological polar surface area (TPSA) is 9.23 Å². The van der Waals surface area contributed by atoms with E-state index in [4.69, 9.17) is 4.74 Å². The Labute approximate surface area is 85.4 Å². The van der Waals surface area contributed by atoms with Crippen molar-refractivity contribution in [2.24, 2.45) is 5.92 Å². The standard InChI is InChI=1S/C13H16O/c1-10(2)8-11-5-6-12-4-3-7-14-13(12)9-11/h3,5-7,9-10H,4,8H2,1-2H3. The highest BCUT2D eigenvalue weighted by Gasteiger charge is 2.07. The van der Waals surface area contributed by atoms with E-state index in [0.29, 0.717) is 5.92 Å². The van der Waals surface area contributed by atoms with Gasteiger partial charge in [0.2, 0.25) is 0 Å². The minimum Gasteiger partial charge on any atom is -0.465 e. The van der Waals surface area contributed by atoms with Crippen LogP contribution in [-0.4, -0.2) is 0 Å². The summed E-state index contributed by atoms with van der Waals surface area (Å²) in [7, 11) is 0. The highest BCUT2D eigenvalue weighted by molar-refractivity contribution is 5.40. The van der Waals surface area contributed by atoms with Crippen molar-refractivity contribution < 1.29 is 4.74 Å². The van der Waals surface area contributed by atoms with Crippen LogP contribution in [0, 0.1) is 5.92 Å². The summed E-state index contributed by atoms with van der Waals surface area (Å²) in [4.78, 5) is 0. The van der Waals surface area contributed by atoms with Crippen LogP contribution in [0.25, 0.3) is 0 Å². The second-order valence-electron chi connectivity index (χ2n) is 4.23. The van der Waals surface area contributed by atoms with E-state index in [1.54, 1.807) is 6.26 Å². The van der Waals surface area contributed by atoms with Crippen molar-refractivity contribution in [1.29, 1.82) is 0 Å². The van der Waals surface area contributed by atoms with E-state index >= 15 is 0 Å².